The van der Waals surface area contributed by atoms with Crippen LogP contribution < -0.4 is 5.32 Å². The van der Waals surface area contributed by atoms with E-state index < -0.39 is 0 Å². The lowest BCUT2D eigenvalue weighted by Crippen LogP contribution is -2.26. The lowest BCUT2D eigenvalue weighted by Gasteiger charge is -2.22. The number of nitrogens with one attached hydrogen (secondary N) is 1. The van der Waals surface area contributed by atoms with Crippen LogP contribution in [0.15, 0.2) is 60.8 Å². The third-order valence-corrected chi connectivity index (χ3v) is 4.82. The van der Waals surface area contributed by atoms with Gasteiger partial charge in [0.15, 0.2) is 0 Å². The molecule has 4 nitrogen and oxygen atoms in total. The molecule has 0 unspecified atom stereocenters. The third kappa shape index (κ3) is 2.81. The van der Waals surface area contributed by atoms with Gasteiger partial charge in [0.25, 0.3) is 0 Å². The quantitative estimate of drug-likeness (QED) is 0.719. The Labute approximate surface area is 141 Å². The largest absolute Gasteiger partial charge is 0.411 e. The predicted molar refractivity (Wildman–Crippen MR) is 95.1 cm³/mol. The van der Waals surface area contributed by atoms with Gasteiger partial charge in [-0.1, -0.05) is 54.6 Å². The van der Waals surface area contributed by atoms with Crippen LogP contribution in [0.3, 0.4) is 0 Å². The molecule has 0 radical (unpaired) electrons. The highest BCUT2D eigenvalue weighted by Crippen LogP contribution is 2.34. The summed E-state index contributed by atoms with van der Waals surface area (Å²) < 4.78 is 0. The highest BCUT2D eigenvalue weighted by atomic mass is 16.5. The molecule has 1 aliphatic rings. The summed E-state index contributed by atoms with van der Waals surface area (Å²) in [6.07, 6.45) is 3.98. The van der Waals surface area contributed by atoms with Crippen LogP contribution in [0.1, 0.15) is 24.3 Å². The predicted octanol–water partition coefficient (Wildman–Crippen LogP) is 3.92. The Bertz CT molecular complexity index is 803. The van der Waals surface area contributed by atoms with Crippen LogP contribution in [-0.4, -0.2) is 28.2 Å². The maximum absolute atomic E-state index is 10.2. The van der Waals surface area contributed by atoms with Gasteiger partial charge in [0, 0.05) is 11.1 Å². The molecule has 1 aliphatic heterocycles. The molecule has 3 aromatic rings. The maximum atomic E-state index is 10.2. The van der Waals surface area contributed by atoms with E-state index in [0.29, 0.717) is 5.92 Å². The second kappa shape index (κ2) is 6.49. The van der Waals surface area contributed by atoms with Crippen LogP contribution in [0.4, 0.5) is 0 Å². The Morgan fingerprint density at radius 3 is 2.21 bits per heavy atom. The molecule has 122 valence electrons. The zero-order chi connectivity index (χ0) is 16.4. The monoisotopic (exact) mass is 319 g/mol. The summed E-state index contributed by atoms with van der Waals surface area (Å²) >= 11 is 0. The standard InChI is InChI=1S/C20H21N3O/c24-23-20(19(14-22-23)17-10-12-21-13-11-17)18-8-6-16(7-9-18)15-4-2-1-3-5-15/h1-9,14,17,21,24H,10-13H2. The summed E-state index contributed by atoms with van der Waals surface area (Å²) in [5.74, 6) is 0.455. The Morgan fingerprint density at radius 2 is 1.50 bits per heavy atom. The summed E-state index contributed by atoms with van der Waals surface area (Å²) in [7, 11) is 0. The molecule has 2 aromatic carbocycles. The fourth-order valence-electron chi connectivity index (χ4n) is 3.52. The van der Waals surface area contributed by atoms with Gasteiger partial charge >= 0.3 is 0 Å². The van der Waals surface area contributed by atoms with Gasteiger partial charge in [-0.15, -0.1) is 9.94 Å². The first-order valence-corrected chi connectivity index (χ1v) is 8.46. The molecule has 1 aromatic heterocycles. The van der Waals surface area contributed by atoms with E-state index in [1.807, 2.05) is 24.4 Å². The van der Waals surface area contributed by atoms with Gasteiger partial charge in [-0.3, -0.25) is 0 Å². The number of hydrogen-bond acceptors (Lipinski definition) is 3. The van der Waals surface area contributed by atoms with Crippen LogP contribution >= 0.6 is 0 Å². The maximum Gasteiger partial charge on any atom is 0.113 e. The van der Waals surface area contributed by atoms with Crippen molar-refractivity contribution in [1.29, 1.82) is 0 Å². The van der Waals surface area contributed by atoms with Crippen molar-refractivity contribution in [3.8, 4) is 22.4 Å². The minimum atomic E-state index is 0.455. The molecule has 2 N–H and O–H groups in total. The van der Waals surface area contributed by atoms with Crippen molar-refractivity contribution < 1.29 is 5.21 Å². The molecule has 24 heavy (non-hydrogen) atoms. The summed E-state index contributed by atoms with van der Waals surface area (Å²) in [6, 6.07) is 18.6. The van der Waals surface area contributed by atoms with E-state index in [1.54, 1.807) is 0 Å². The number of piperidine rings is 1. The number of benzene rings is 2. The minimum Gasteiger partial charge on any atom is -0.411 e. The average molecular weight is 319 g/mol. The lowest BCUT2D eigenvalue weighted by atomic mass is 9.88. The molecule has 2 heterocycles. The van der Waals surface area contributed by atoms with Crippen molar-refractivity contribution in [3.05, 3.63) is 66.4 Å². The van der Waals surface area contributed by atoms with Gasteiger partial charge < -0.3 is 10.5 Å². The smallest absolute Gasteiger partial charge is 0.113 e. The highest BCUT2D eigenvalue weighted by molar-refractivity contribution is 5.70. The van der Waals surface area contributed by atoms with Crippen molar-refractivity contribution in [2.24, 2.45) is 0 Å². The minimum absolute atomic E-state index is 0.455. The van der Waals surface area contributed by atoms with Crippen LogP contribution in [0.2, 0.25) is 0 Å². The van der Waals surface area contributed by atoms with E-state index in [4.69, 9.17) is 0 Å². The van der Waals surface area contributed by atoms with Gasteiger partial charge in [-0.2, -0.15) is 0 Å². The molecule has 1 saturated heterocycles. The average Bonchev–Trinajstić information content (AvgIpc) is 3.05. The Kier molecular flexibility index (Phi) is 4.05. The Hall–Kier alpha value is -2.59. The molecule has 0 bridgehead atoms. The number of hydrogen-bond donors (Lipinski definition) is 2. The van der Waals surface area contributed by atoms with Crippen molar-refractivity contribution in [1.82, 2.24) is 15.3 Å². The zero-order valence-electron chi connectivity index (χ0n) is 13.5. The zero-order valence-corrected chi connectivity index (χ0v) is 13.5. The molecular formula is C20H21N3O. The molecule has 0 aliphatic carbocycles. The van der Waals surface area contributed by atoms with E-state index >= 15 is 0 Å². The first-order valence-electron chi connectivity index (χ1n) is 8.46. The van der Waals surface area contributed by atoms with Gasteiger partial charge in [-0.25, -0.2) is 0 Å². The second-order valence-corrected chi connectivity index (χ2v) is 6.31. The van der Waals surface area contributed by atoms with Crippen molar-refractivity contribution in [2.45, 2.75) is 18.8 Å². The molecule has 0 atom stereocenters. The molecule has 1 fully saturated rings. The molecule has 4 heteroatoms. The van der Waals surface area contributed by atoms with Crippen LogP contribution in [0.25, 0.3) is 22.4 Å². The normalized spacial score (nSPS) is 15.5. The van der Waals surface area contributed by atoms with Gasteiger partial charge in [0.2, 0.25) is 0 Å². The first kappa shape index (κ1) is 15.0. The molecule has 0 amide bonds. The number of aromatic nitrogens is 2. The summed E-state index contributed by atoms with van der Waals surface area (Å²) in [5, 5.41) is 17.7. The van der Waals surface area contributed by atoms with Crippen molar-refractivity contribution in [3.63, 3.8) is 0 Å². The fourth-order valence-corrected chi connectivity index (χ4v) is 3.52. The van der Waals surface area contributed by atoms with Crippen LogP contribution in [0, 0.1) is 0 Å². The van der Waals surface area contributed by atoms with E-state index in [1.165, 1.54) is 11.1 Å². The Balaban J connectivity index is 1.68. The molecule has 0 spiro atoms. The van der Waals surface area contributed by atoms with E-state index in [0.717, 1.165) is 47.6 Å². The van der Waals surface area contributed by atoms with Gasteiger partial charge in [0.1, 0.15) is 5.69 Å². The summed E-state index contributed by atoms with van der Waals surface area (Å²) in [4.78, 5) is 1.02. The third-order valence-electron chi connectivity index (χ3n) is 4.82. The van der Waals surface area contributed by atoms with Gasteiger partial charge in [-0.05, 0) is 43.0 Å². The van der Waals surface area contributed by atoms with E-state index in [9.17, 15) is 5.21 Å². The van der Waals surface area contributed by atoms with Crippen LogP contribution in [-0.2, 0) is 0 Å². The first-order chi connectivity index (χ1) is 11.8. The van der Waals surface area contributed by atoms with Gasteiger partial charge in [0.05, 0.1) is 6.20 Å². The fraction of sp³-hybridized carbons (Fsp3) is 0.250. The van der Waals surface area contributed by atoms with Crippen molar-refractivity contribution in [2.75, 3.05) is 13.1 Å². The Morgan fingerprint density at radius 1 is 0.875 bits per heavy atom. The lowest BCUT2D eigenvalue weighted by molar-refractivity contribution is 0.153. The number of nitrogens with zero attached hydrogens (tertiary/aromatic N) is 2. The summed E-state index contributed by atoms with van der Waals surface area (Å²) in [5.41, 5.74) is 5.34. The summed E-state index contributed by atoms with van der Waals surface area (Å²) in [6.45, 7) is 2.04. The SMILES string of the molecule is On1ncc(C2CCNCC2)c1-c1ccc(-c2ccccc2)cc1. The van der Waals surface area contributed by atoms with Crippen LogP contribution in [0.5, 0.6) is 0 Å². The second-order valence-electron chi connectivity index (χ2n) is 6.31. The molecule has 0 saturated carbocycles. The van der Waals surface area contributed by atoms with E-state index in [2.05, 4.69) is 46.8 Å². The molecular weight excluding hydrogens is 298 g/mol. The topological polar surface area (TPSA) is 50.1 Å². The number of rotatable bonds is 3. The van der Waals surface area contributed by atoms with Crippen molar-refractivity contribution >= 4 is 0 Å². The highest BCUT2D eigenvalue weighted by Gasteiger charge is 2.23. The van der Waals surface area contributed by atoms with E-state index in [-0.39, 0.29) is 0 Å². The molecule has 4 rings (SSSR count).